The molecule has 1 unspecified atom stereocenters. The molecule has 0 aliphatic heterocycles. The summed E-state index contributed by atoms with van der Waals surface area (Å²) in [6.45, 7) is 1.55. The Balaban J connectivity index is 2.32. The second-order valence-corrected chi connectivity index (χ2v) is 5.41. The van der Waals surface area contributed by atoms with Gasteiger partial charge in [-0.05, 0) is 19.1 Å². The summed E-state index contributed by atoms with van der Waals surface area (Å²) in [5, 5.41) is 11.4. The summed E-state index contributed by atoms with van der Waals surface area (Å²) in [6, 6.07) is 7.05. The first-order chi connectivity index (χ1) is 9.56. The van der Waals surface area contributed by atoms with Crippen LogP contribution in [0.5, 0.6) is 0 Å². The predicted molar refractivity (Wildman–Crippen MR) is 77.6 cm³/mol. The molecule has 6 heteroatoms. The lowest BCUT2D eigenvalue weighted by Gasteiger charge is -2.13. The van der Waals surface area contributed by atoms with Crippen LogP contribution in [0.3, 0.4) is 0 Å². The summed E-state index contributed by atoms with van der Waals surface area (Å²) < 4.78 is 4.47. The maximum Gasteiger partial charge on any atom is 0.330 e. The van der Waals surface area contributed by atoms with E-state index in [0.717, 1.165) is 4.90 Å². The van der Waals surface area contributed by atoms with Gasteiger partial charge in [0.1, 0.15) is 0 Å². The zero-order chi connectivity index (χ0) is 15.0. The summed E-state index contributed by atoms with van der Waals surface area (Å²) >= 11 is 1.57. The van der Waals surface area contributed by atoms with E-state index in [1.54, 1.807) is 11.8 Å². The average Bonchev–Trinajstić information content (AvgIpc) is 2.46. The van der Waals surface area contributed by atoms with Crippen molar-refractivity contribution in [2.75, 3.05) is 19.5 Å². The van der Waals surface area contributed by atoms with Crippen molar-refractivity contribution in [3.05, 3.63) is 29.8 Å². The van der Waals surface area contributed by atoms with Crippen LogP contribution >= 0.6 is 11.8 Å². The number of rotatable bonds is 7. The standard InChI is InChI=1S/C14H19NO4S/c1-10-3-5-11(6-4-10)20-8-7-13(17)15-12(9-16)14(18)19-2/h3-6,12,16H,7-9H2,1-2H3,(H,15,17). The highest BCUT2D eigenvalue weighted by molar-refractivity contribution is 7.99. The lowest BCUT2D eigenvalue weighted by molar-refractivity contribution is -0.146. The Hall–Kier alpha value is -1.53. The first kappa shape index (κ1) is 16.5. The van der Waals surface area contributed by atoms with E-state index in [2.05, 4.69) is 10.1 Å². The van der Waals surface area contributed by atoms with Crippen molar-refractivity contribution in [2.24, 2.45) is 0 Å². The molecule has 1 aromatic carbocycles. The number of ether oxygens (including phenoxy) is 1. The van der Waals surface area contributed by atoms with Gasteiger partial charge >= 0.3 is 5.97 Å². The highest BCUT2D eigenvalue weighted by Crippen LogP contribution is 2.18. The van der Waals surface area contributed by atoms with Gasteiger partial charge < -0.3 is 15.2 Å². The number of methoxy groups -OCH3 is 1. The molecular formula is C14H19NO4S. The van der Waals surface area contributed by atoms with Gasteiger partial charge in [-0.15, -0.1) is 11.8 Å². The van der Waals surface area contributed by atoms with Crippen LogP contribution in [-0.4, -0.2) is 42.5 Å². The molecule has 0 radical (unpaired) electrons. The minimum Gasteiger partial charge on any atom is -0.467 e. The van der Waals surface area contributed by atoms with Gasteiger partial charge in [0.05, 0.1) is 13.7 Å². The van der Waals surface area contributed by atoms with E-state index < -0.39 is 18.6 Å². The first-order valence-electron chi connectivity index (χ1n) is 6.24. The van der Waals surface area contributed by atoms with Crippen molar-refractivity contribution < 1.29 is 19.4 Å². The number of hydrogen-bond donors (Lipinski definition) is 2. The van der Waals surface area contributed by atoms with Crippen LogP contribution in [0.25, 0.3) is 0 Å². The van der Waals surface area contributed by atoms with Crippen molar-refractivity contribution >= 4 is 23.6 Å². The van der Waals surface area contributed by atoms with Crippen molar-refractivity contribution in [3.8, 4) is 0 Å². The number of aliphatic hydroxyl groups excluding tert-OH is 1. The fraction of sp³-hybridized carbons (Fsp3) is 0.429. The smallest absolute Gasteiger partial charge is 0.330 e. The average molecular weight is 297 g/mol. The zero-order valence-corrected chi connectivity index (χ0v) is 12.4. The summed E-state index contributed by atoms with van der Waals surface area (Å²) in [5.41, 5.74) is 1.19. The summed E-state index contributed by atoms with van der Waals surface area (Å²) in [6.07, 6.45) is 0.270. The van der Waals surface area contributed by atoms with Gasteiger partial charge in [0.25, 0.3) is 0 Å². The van der Waals surface area contributed by atoms with E-state index in [1.807, 2.05) is 31.2 Å². The van der Waals surface area contributed by atoms with Crippen LogP contribution in [0.15, 0.2) is 29.2 Å². The van der Waals surface area contributed by atoms with Gasteiger partial charge in [-0.25, -0.2) is 4.79 Å². The van der Waals surface area contributed by atoms with Crippen molar-refractivity contribution in [1.29, 1.82) is 0 Å². The molecule has 2 N–H and O–H groups in total. The van der Waals surface area contributed by atoms with Gasteiger partial charge in [-0.1, -0.05) is 17.7 Å². The van der Waals surface area contributed by atoms with Crippen LogP contribution in [-0.2, 0) is 14.3 Å². The number of aryl methyl sites for hydroxylation is 1. The molecule has 0 aliphatic carbocycles. The van der Waals surface area contributed by atoms with E-state index in [0.29, 0.717) is 5.75 Å². The third kappa shape index (κ3) is 5.63. The third-order valence-electron chi connectivity index (χ3n) is 2.62. The zero-order valence-electron chi connectivity index (χ0n) is 11.6. The Morgan fingerprint density at radius 2 is 2.00 bits per heavy atom. The quantitative estimate of drug-likeness (QED) is 0.583. The van der Waals surface area contributed by atoms with Crippen LogP contribution in [0, 0.1) is 6.92 Å². The summed E-state index contributed by atoms with van der Waals surface area (Å²) in [7, 11) is 1.21. The number of esters is 1. The number of amides is 1. The lowest BCUT2D eigenvalue weighted by atomic mass is 10.2. The predicted octanol–water partition coefficient (Wildman–Crippen LogP) is 1.13. The van der Waals surface area contributed by atoms with Crippen LogP contribution < -0.4 is 5.32 Å². The lowest BCUT2D eigenvalue weighted by Crippen LogP contribution is -2.44. The van der Waals surface area contributed by atoms with E-state index in [1.165, 1.54) is 12.7 Å². The fourth-order valence-corrected chi connectivity index (χ4v) is 2.34. The molecule has 0 heterocycles. The third-order valence-corrected chi connectivity index (χ3v) is 3.64. The second kappa shape index (κ2) is 8.60. The Bertz CT molecular complexity index is 447. The van der Waals surface area contributed by atoms with E-state index >= 15 is 0 Å². The van der Waals surface area contributed by atoms with Crippen molar-refractivity contribution in [3.63, 3.8) is 0 Å². The van der Waals surface area contributed by atoms with Gasteiger partial charge in [0, 0.05) is 17.1 Å². The maximum absolute atomic E-state index is 11.6. The number of aliphatic hydroxyl groups is 1. The molecule has 0 fully saturated rings. The highest BCUT2D eigenvalue weighted by Gasteiger charge is 2.19. The molecular weight excluding hydrogens is 278 g/mol. The molecule has 110 valence electrons. The van der Waals surface area contributed by atoms with Gasteiger partial charge in [0.2, 0.25) is 5.91 Å². The molecule has 0 spiro atoms. The number of carbonyl (C=O) groups is 2. The molecule has 1 aromatic rings. The Morgan fingerprint density at radius 3 is 2.55 bits per heavy atom. The van der Waals surface area contributed by atoms with E-state index in [-0.39, 0.29) is 12.3 Å². The number of thioether (sulfide) groups is 1. The summed E-state index contributed by atoms with van der Waals surface area (Å²) in [4.78, 5) is 23.9. The Morgan fingerprint density at radius 1 is 1.35 bits per heavy atom. The first-order valence-corrected chi connectivity index (χ1v) is 7.23. The molecule has 0 aliphatic rings. The Kier molecular flexibility index (Phi) is 7.11. The SMILES string of the molecule is COC(=O)C(CO)NC(=O)CCSc1ccc(C)cc1. The van der Waals surface area contributed by atoms with Gasteiger partial charge in [-0.2, -0.15) is 0 Å². The molecule has 1 rings (SSSR count). The largest absolute Gasteiger partial charge is 0.467 e. The molecule has 0 saturated heterocycles. The molecule has 0 bridgehead atoms. The topological polar surface area (TPSA) is 75.6 Å². The molecule has 1 amide bonds. The van der Waals surface area contributed by atoms with Crippen LogP contribution in [0.4, 0.5) is 0 Å². The minimum absolute atomic E-state index is 0.270. The number of hydrogen-bond acceptors (Lipinski definition) is 5. The second-order valence-electron chi connectivity index (χ2n) is 4.24. The molecule has 5 nitrogen and oxygen atoms in total. The van der Waals surface area contributed by atoms with Crippen LogP contribution in [0.1, 0.15) is 12.0 Å². The molecule has 20 heavy (non-hydrogen) atoms. The monoisotopic (exact) mass is 297 g/mol. The van der Waals surface area contributed by atoms with Gasteiger partial charge in [-0.3, -0.25) is 4.79 Å². The van der Waals surface area contributed by atoms with Gasteiger partial charge in [0.15, 0.2) is 6.04 Å². The summed E-state index contributed by atoms with van der Waals surface area (Å²) in [5.74, 6) is -0.324. The molecule has 1 atom stereocenters. The fourth-order valence-electron chi connectivity index (χ4n) is 1.48. The van der Waals surface area contributed by atoms with Crippen LogP contribution in [0.2, 0.25) is 0 Å². The normalized spacial score (nSPS) is 11.8. The van der Waals surface area contributed by atoms with E-state index in [9.17, 15) is 9.59 Å². The number of nitrogens with one attached hydrogen (secondary N) is 1. The Labute approximate surface area is 122 Å². The van der Waals surface area contributed by atoms with Crippen molar-refractivity contribution in [1.82, 2.24) is 5.32 Å². The maximum atomic E-state index is 11.6. The molecule has 0 aromatic heterocycles. The highest BCUT2D eigenvalue weighted by atomic mass is 32.2. The minimum atomic E-state index is -0.989. The van der Waals surface area contributed by atoms with E-state index in [4.69, 9.17) is 5.11 Å². The molecule has 0 saturated carbocycles. The van der Waals surface area contributed by atoms with Crippen molar-refractivity contribution in [2.45, 2.75) is 24.3 Å². The number of carbonyl (C=O) groups excluding carboxylic acids is 2. The number of benzene rings is 1.